The highest BCUT2D eigenvalue weighted by molar-refractivity contribution is 6.31. The fourth-order valence-electron chi connectivity index (χ4n) is 2.04. The number of hydrogen-bond acceptors (Lipinski definition) is 4. The predicted molar refractivity (Wildman–Crippen MR) is 71.0 cm³/mol. The minimum atomic E-state index is -0.488. The Kier molecular flexibility index (Phi) is 4.07. The molecule has 1 aromatic carbocycles. The van der Waals surface area contributed by atoms with Gasteiger partial charge in [0.25, 0.3) is 0 Å². The minimum Gasteiger partial charge on any atom is -0.496 e. The molecule has 1 heterocycles. The van der Waals surface area contributed by atoms with Crippen LogP contribution in [0.3, 0.4) is 0 Å². The molecule has 1 fully saturated rings. The van der Waals surface area contributed by atoms with Gasteiger partial charge < -0.3 is 10.1 Å². The molecule has 0 spiro atoms. The van der Waals surface area contributed by atoms with Gasteiger partial charge in [0.05, 0.1) is 19.6 Å². The van der Waals surface area contributed by atoms with E-state index in [-0.39, 0.29) is 18.2 Å². The van der Waals surface area contributed by atoms with E-state index in [4.69, 9.17) is 16.3 Å². The van der Waals surface area contributed by atoms with Gasteiger partial charge in [-0.1, -0.05) is 17.7 Å². The second-order valence-electron chi connectivity index (χ2n) is 4.35. The van der Waals surface area contributed by atoms with Crippen molar-refractivity contribution in [3.05, 3.63) is 28.8 Å². The van der Waals surface area contributed by atoms with Crippen LogP contribution in [0, 0.1) is 0 Å². The number of carbonyl (C=O) groups excluding carboxylic acids is 2. The number of halogens is 1. The number of nitrogens with zero attached hydrogens (tertiary/aromatic N) is 1. The summed E-state index contributed by atoms with van der Waals surface area (Å²) in [7, 11) is 3.05. The quantitative estimate of drug-likeness (QED) is 0.843. The number of imide groups is 1. The molecule has 102 valence electrons. The summed E-state index contributed by atoms with van der Waals surface area (Å²) in [5, 5.41) is 3.61. The van der Waals surface area contributed by atoms with Gasteiger partial charge in [-0.05, 0) is 12.1 Å². The monoisotopic (exact) mass is 282 g/mol. The van der Waals surface area contributed by atoms with E-state index in [1.807, 2.05) is 0 Å². The maximum Gasteiger partial charge on any atom is 0.246 e. The molecule has 1 aliphatic rings. The van der Waals surface area contributed by atoms with Crippen LogP contribution in [0.1, 0.15) is 12.0 Å². The Bertz CT molecular complexity index is 519. The molecule has 2 rings (SSSR count). The van der Waals surface area contributed by atoms with Crippen LogP contribution in [0.2, 0.25) is 5.02 Å². The van der Waals surface area contributed by atoms with E-state index < -0.39 is 6.04 Å². The Morgan fingerprint density at radius 2 is 2.21 bits per heavy atom. The van der Waals surface area contributed by atoms with Crippen molar-refractivity contribution in [3.63, 3.8) is 0 Å². The van der Waals surface area contributed by atoms with Crippen LogP contribution in [0.25, 0.3) is 0 Å². The number of likely N-dealkylation sites (N-methyl/N-ethyl adjacent to an activating group) is 1. The Labute approximate surface area is 116 Å². The SMILES string of the molecule is COc1cccc(Cl)c1CNC1CC(=O)N(C)C1=O. The van der Waals surface area contributed by atoms with Gasteiger partial charge in [-0.25, -0.2) is 0 Å². The molecule has 2 amide bonds. The van der Waals surface area contributed by atoms with E-state index in [2.05, 4.69) is 5.32 Å². The summed E-state index contributed by atoms with van der Waals surface area (Å²) >= 11 is 6.11. The largest absolute Gasteiger partial charge is 0.496 e. The number of hydrogen-bond donors (Lipinski definition) is 1. The van der Waals surface area contributed by atoms with Gasteiger partial charge in [0.1, 0.15) is 5.75 Å². The normalized spacial score (nSPS) is 19.1. The van der Waals surface area contributed by atoms with Crippen molar-refractivity contribution < 1.29 is 14.3 Å². The van der Waals surface area contributed by atoms with Crippen molar-refractivity contribution in [1.82, 2.24) is 10.2 Å². The van der Waals surface area contributed by atoms with Crippen LogP contribution in [-0.4, -0.2) is 36.9 Å². The van der Waals surface area contributed by atoms with Crippen molar-refractivity contribution in [2.75, 3.05) is 14.2 Å². The second-order valence-corrected chi connectivity index (χ2v) is 4.76. The molecule has 1 atom stereocenters. The predicted octanol–water partition coefficient (Wildman–Crippen LogP) is 1.20. The van der Waals surface area contributed by atoms with Crippen LogP contribution in [0.5, 0.6) is 5.75 Å². The van der Waals surface area contributed by atoms with E-state index in [1.54, 1.807) is 25.3 Å². The van der Waals surface area contributed by atoms with E-state index >= 15 is 0 Å². The lowest BCUT2D eigenvalue weighted by Crippen LogP contribution is -2.36. The number of ether oxygens (including phenoxy) is 1. The topological polar surface area (TPSA) is 58.6 Å². The molecule has 1 N–H and O–H groups in total. The maximum absolute atomic E-state index is 11.8. The number of rotatable bonds is 4. The highest BCUT2D eigenvalue weighted by Crippen LogP contribution is 2.26. The van der Waals surface area contributed by atoms with Gasteiger partial charge in [0, 0.05) is 24.2 Å². The zero-order valence-electron chi connectivity index (χ0n) is 10.8. The molecule has 19 heavy (non-hydrogen) atoms. The lowest BCUT2D eigenvalue weighted by atomic mass is 10.1. The van der Waals surface area contributed by atoms with Crippen LogP contribution < -0.4 is 10.1 Å². The lowest BCUT2D eigenvalue weighted by Gasteiger charge is -2.14. The first-order valence-corrected chi connectivity index (χ1v) is 6.27. The molecule has 0 saturated carbocycles. The van der Waals surface area contributed by atoms with E-state index in [0.29, 0.717) is 17.3 Å². The van der Waals surface area contributed by atoms with Gasteiger partial charge in [-0.3, -0.25) is 14.5 Å². The number of benzene rings is 1. The van der Waals surface area contributed by atoms with Gasteiger partial charge in [-0.2, -0.15) is 0 Å². The Hall–Kier alpha value is -1.59. The minimum absolute atomic E-state index is 0.173. The fourth-order valence-corrected chi connectivity index (χ4v) is 2.27. The Balaban J connectivity index is 2.08. The van der Waals surface area contributed by atoms with Crippen molar-refractivity contribution in [2.45, 2.75) is 19.0 Å². The molecule has 6 heteroatoms. The molecular formula is C13H15ClN2O3. The highest BCUT2D eigenvalue weighted by Gasteiger charge is 2.35. The lowest BCUT2D eigenvalue weighted by molar-refractivity contribution is -0.137. The van der Waals surface area contributed by atoms with Crippen molar-refractivity contribution >= 4 is 23.4 Å². The third-order valence-corrected chi connectivity index (χ3v) is 3.56. The van der Waals surface area contributed by atoms with E-state index in [9.17, 15) is 9.59 Å². The Morgan fingerprint density at radius 1 is 1.47 bits per heavy atom. The molecule has 1 unspecified atom stereocenters. The van der Waals surface area contributed by atoms with E-state index in [0.717, 1.165) is 10.5 Å². The molecule has 0 aliphatic carbocycles. The zero-order chi connectivity index (χ0) is 14.0. The zero-order valence-corrected chi connectivity index (χ0v) is 11.5. The first-order valence-electron chi connectivity index (χ1n) is 5.89. The fraction of sp³-hybridized carbons (Fsp3) is 0.385. The number of nitrogens with one attached hydrogen (secondary N) is 1. The highest BCUT2D eigenvalue weighted by atomic mass is 35.5. The van der Waals surface area contributed by atoms with Crippen molar-refractivity contribution in [1.29, 1.82) is 0 Å². The van der Waals surface area contributed by atoms with Crippen LogP contribution in [0.4, 0.5) is 0 Å². The summed E-state index contributed by atoms with van der Waals surface area (Å²) < 4.78 is 5.22. The average molecular weight is 283 g/mol. The van der Waals surface area contributed by atoms with Crippen molar-refractivity contribution in [2.24, 2.45) is 0 Å². The smallest absolute Gasteiger partial charge is 0.246 e. The average Bonchev–Trinajstić information content (AvgIpc) is 2.64. The third kappa shape index (κ3) is 2.72. The van der Waals surface area contributed by atoms with Crippen LogP contribution in [-0.2, 0) is 16.1 Å². The van der Waals surface area contributed by atoms with Crippen molar-refractivity contribution in [3.8, 4) is 5.75 Å². The summed E-state index contributed by atoms with van der Waals surface area (Å²) in [4.78, 5) is 24.3. The molecule has 1 saturated heterocycles. The first-order chi connectivity index (χ1) is 9.04. The van der Waals surface area contributed by atoms with Gasteiger partial charge in [-0.15, -0.1) is 0 Å². The molecular weight excluding hydrogens is 268 g/mol. The number of amides is 2. The van der Waals surface area contributed by atoms with Crippen LogP contribution >= 0.6 is 11.6 Å². The van der Waals surface area contributed by atoms with Crippen LogP contribution in [0.15, 0.2) is 18.2 Å². The maximum atomic E-state index is 11.8. The molecule has 0 bridgehead atoms. The molecule has 0 aromatic heterocycles. The summed E-state index contributed by atoms with van der Waals surface area (Å²) in [6.07, 6.45) is 0.183. The standard InChI is InChI=1S/C13H15ClN2O3/c1-16-12(17)6-10(13(16)18)15-7-8-9(14)4-3-5-11(8)19-2/h3-5,10,15H,6-7H2,1-2H3. The molecule has 1 aromatic rings. The number of likely N-dealkylation sites (tertiary alicyclic amines) is 1. The Morgan fingerprint density at radius 3 is 2.79 bits per heavy atom. The number of methoxy groups -OCH3 is 1. The first kappa shape index (κ1) is 13.8. The summed E-state index contributed by atoms with van der Waals surface area (Å²) in [5.41, 5.74) is 0.779. The summed E-state index contributed by atoms with van der Waals surface area (Å²) in [5.74, 6) is 0.273. The number of carbonyl (C=O) groups is 2. The van der Waals surface area contributed by atoms with Gasteiger partial charge in [0.15, 0.2) is 0 Å². The summed E-state index contributed by atoms with van der Waals surface area (Å²) in [6.45, 7) is 0.375. The van der Waals surface area contributed by atoms with E-state index in [1.165, 1.54) is 7.05 Å². The molecule has 1 aliphatic heterocycles. The molecule has 0 radical (unpaired) electrons. The molecule has 5 nitrogen and oxygen atoms in total. The third-order valence-electron chi connectivity index (χ3n) is 3.20. The van der Waals surface area contributed by atoms with Gasteiger partial charge in [0.2, 0.25) is 11.8 Å². The second kappa shape index (κ2) is 5.59. The van der Waals surface area contributed by atoms with Gasteiger partial charge >= 0.3 is 0 Å². The summed E-state index contributed by atoms with van der Waals surface area (Å²) in [6, 6.07) is 4.87.